The van der Waals surface area contributed by atoms with E-state index in [9.17, 15) is 0 Å². The maximum Gasteiger partial charge on any atom is 0.159 e. The van der Waals surface area contributed by atoms with Crippen LogP contribution in [0.3, 0.4) is 0 Å². The van der Waals surface area contributed by atoms with Gasteiger partial charge in [0.25, 0.3) is 0 Å². The number of nitrogens with two attached hydrogens (primary N) is 1. The second kappa shape index (κ2) is 4.78. The average molecular weight is 266 g/mol. The molecular formula is C12H18N4OS. The second-order valence-corrected chi connectivity index (χ2v) is 5.58. The summed E-state index contributed by atoms with van der Waals surface area (Å²) in [6.45, 7) is 4.33. The van der Waals surface area contributed by atoms with Crippen LogP contribution in [0, 0.1) is 5.41 Å². The van der Waals surface area contributed by atoms with Gasteiger partial charge in [0, 0.05) is 18.6 Å². The van der Waals surface area contributed by atoms with E-state index >= 15 is 0 Å². The molecule has 1 aliphatic carbocycles. The summed E-state index contributed by atoms with van der Waals surface area (Å²) < 4.78 is 5.42. The van der Waals surface area contributed by atoms with Gasteiger partial charge in [-0.2, -0.15) is 5.10 Å². The second-order valence-electron chi connectivity index (χ2n) is 5.14. The highest BCUT2D eigenvalue weighted by atomic mass is 32.1. The van der Waals surface area contributed by atoms with E-state index in [1.807, 2.05) is 0 Å². The molecule has 2 rings (SSSR count). The summed E-state index contributed by atoms with van der Waals surface area (Å²) in [7, 11) is 1.74. The molecule has 1 aromatic rings. The molecule has 2 atom stereocenters. The lowest BCUT2D eigenvalue weighted by molar-refractivity contribution is -0.0795. The minimum atomic E-state index is 0.0553. The van der Waals surface area contributed by atoms with Crippen molar-refractivity contribution in [1.29, 1.82) is 0 Å². The van der Waals surface area contributed by atoms with E-state index in [2.05, 4.69) is 29.4 Å². The Hall–Kier alpha value is -1.27. The van der Waals surface area contributed by atoms with Crippen LogP contribution in [-0.4, -0.2) is 34.4 Å². The van der Waals surface area contributed by atoms with E-state index in [4.69, 9.17) is 22.7 Å². The van der Waals surface area contributed by atoms with E-state index in [0.717, 1.165) is 12.0 Å². The molecule has 1 aromatic heterocycles. The third kappa shape index (κ3) is 2.18. The number of hydrogen-bond acceptors (Lipinski definition) is 5. The van der Waals surface area contributed by atoms with Crippen LogP contribution in [0.15, 0.2) is 12.3 Å². The van der Waals surface area contributed by atoms with Gasteiger partial charge in [0.05, 0.1) is 17.9 Å². The lowest BCUT2D eigenvalue weighted by Crippen LogP contribution is -2.58. The molecule has 0 saturated heterocycles. The normalized spacial score (nSPS) is 25.3. The lowest BCUT2D eigenvalue weighted by Gasteiger charge is -2.51. The van der Waals surface area contributed by atoms with Crippen LogP contribution in [0.25, 0.3) is 0 Å². The summed E-state index contributed by atoms with van der Waals surface area (Å²) in [5.41, 5.74) is 6.46. The van der Waals surface area contributed by atoms with Gasteiger partial charge in [0.1, 0.15) is 4.99 Å². The smallest absolute Gasteiger partial charge is 0.159 e. The highest BCUT2D eigenvalue weighted by Crippen LogP contribution is 2.43. The van der Waals surface area contributed by atoms with Gasteiger partial charge in [-0.3, -0.25) is 0 Å². The Morgan fingerprint density at radius 2 is 2.33 bits per heavy atom. The maximum absolute atomic E-state index is 5.67. The Kier molecular flexibility index (Phi) is 3.49. The van der Waals surface area contributed by atoms with Crippen LogP contribution < -0.4 is 11.1 Å². The molecule has 18 heavy (non-hydrogen) atoms. The van der Waals surface area contributed by atoms with Crippen LogP contribution in [-0.2, 0) is 4.74 Å². The van der Waals surface area contributed by atoms with Crippen LogP contribution in [0.1, 0.15) is 25.8 Å². The van der Waals surface area contributed by atoms with Gasteiger partial charge < -0.3 is 15.8 Å². The Bertz CT molecular complexity index is 463. The van der Waals surface area contributed by atoms with Gasteiger partial charge in [-0.1, -0.05) is 26.1 Å². The summed E-state index contributed by atoms with van der Waals surface area (Å²) in [5, 5.41) is 11.3. The molecule has 1 fully saturated rings. The fourth-order valence-corrected chi connectivity index (χ4v) is 2.50. The highest BCUT2D eigenvalue weighted by Gasteiger charge is 2.48. The van der Waals surface area contributed by atoms with Gasteiger partial charge in [-0.15, -0.1) is 5.10 Å². The fourth-order valence-electron chi connectivity index (χ4n) is 2.33. The first kappa shape index (κ1) is 13.2. The average Bonchev–Trinajstić information content (AvgIpc) is 2.34. The molecule has 98 valence electrons. The molecule has 3 N–H and O–H groups in total. The quantitative estimate of drug-likeness (QED) is 0.801. The summed E-state index contributed by atoms with van der Waals surface area (Å²) in [6.07, 6.45) is 2.79. The van der Waals surface area contributed by atoms with E-state index in [-0.39, 0.29) is 17.6 Å². The number of nitrogens with one attached hydrogen (secondary N) is 1. The lowest BCUT2D eigenvalue weighted by atomic mass is 9.64. The van der Waals surface area contributed by atoms with Crippen molar-refractivity contribution in [1.82, 2.24) is 10.2 Å². The number of hydrogen-bond donors (Lipinski definition) is 2. The minimum Gasteiger partial charge on any atom is -0.389 e. The third-order valence-corrected chi connectivity index (χ3v) is 3.98. The highest BCUT2D eigenvalue weighted by molar-refractivity contribution is 7.80. The molecule has 0 amide bonds. The molecule has 1 aliphatic rings. The van der Waals surface area contributed by atoms with E-state index in [1.165, 1.54) is 0 Å². The molecule has 0 radical (unpaired) electrons. The zero-order valence-corrected chi connectivity index (χ0v) is 11.6. The number of anilines is 1. The Morgan fingerprint density at radius 1 is 1.61 bits per heavy atom. The van der Waals surface area contributed by atoms with Crippen molar-refractivity contribution in [2.75, 3.05) is 12.4 Å². The topological polar surface area (TPSA) is 73.1 Å². The molecule has 1 saturated carbocycles. The Morgan fingerprint density at radius 3 is 2.89 bits per heavy atom. The van der Waals surface area contributed by atoms with E-state index in [0.29, 0.717) is 10.8 Å². The Labute approximate surface area is 112 Å². The largest absolute Gasteiger partial charge is 0.389 e. The van der Waals surface area contributed by atoms with E-state index in [1.54, 1.807) is 19.4 Å². The summed E-state index contributed by atoms with van der Waals surface area (Å²) >= 11 is 5.01. The number of methoxy groups -OCH3 is 1. The van der Waals surface area contributed by atoms with Gasteiger partial charge in [-0.05, 0) is 12.5 Å². The standard InChI is InChI=1S/C12H18N4OS/c1-12(2)8(6-9(12)17-3)15-11-7(10(13)18)4-5-14-16-11/h4-5,8-9H,6H2,1-3H3,(H2,13,18)(H,15,16). The van der Waals surface area contributed by atoms with Crippen molar-refractivity contribution in [2.24, 2.45) is 11.1 Å². The predicted octanol–water partition coefficient (Wildman–Crippen LogP) is 1.34. The SMILES string of the molecule is COC1CC(Nc2nnccc2C(N)=S)C1(C)C. The summed E-state index contributed by atoms with van der Waals surface area (Å²) in [6, 6.07) is 2.06. The first-order valence-corrected chi connectivity index (χ1v) is 6.28. The van der Waals surface area contributed by atoms with Crippen LogP contribution in [0.5, 0.6) is 0 Å². The van der Waals surface area contributed by atoms with Crippen molar-refractivity contribution in [3.63, 3.8) is 0 Å². The fraction of sp³-hybridized carbons (Fsp3) is 0.583. The van der Waals surface area contributed by atoms with Gasteiger partial charge in [-0.25, -0.2) is 0 Å². The van der Waals surface area contributed by atoms with Crippen molar-refractivity contribution in [2.45, 2.75) is 32.4 Å². The monoisotopic (exact) mass is 266 g/mol. The number of nitrogens with zero attached hydrogens (tertiary/aromatic N) is 2. The van der Waals surface area contributed by atoms with Crippen LogP contribution in [0.2, 0.25) is 0 Å². The molecular weight excluding hydrogens is 248 g/mol. The zero-order chi connectivity index (χ0) is 13.3. The van der Waals surface area contributed by atoms with Crippen molar-refractivity contribution in [3.05, 3.63) is 17.8 Å². The third-order valence-electron chi connectivity index (χ3n) is 3.76. The minimum absolute atomic E-state index is 0.0553. The maximum atomic E-state index is 5.67. The zero-order valence-electron chi connectivity index (χ0n) is 10.8. The molecule has 0 spiro atoms. The number of thiocarbonyl (C=S) groups is 1. The number of ether oxygens (including phenoxy) is 1. The molecule has 0 aliphatic heterocycles. The number of aromatic nitrogens is 2. The first-order valence-electron chi connectivity index (χ1n) is 5.87. The van der Waals surface area contributed by atoms with Gasteiger partial charge >= 0.3 is 0 Å². The molecule has 0 bridgehead atoms. The number of rotatable bonds is 4. The molecule has 0 aromatic carbocycles. The van der Waals surface area contributed by atoms with Crippen molar-refractivity contribution < 1.29 is 4.74 Å². The van der Waals surface area contributed by atoms with Gasteiger partial charge in [0.15, 0.2) is 5.82 Å². The molecule has 6 heteroatoms. The van der Waals surface area contributed by atoms with Gasteiger partial charge in [0.2, 0.25) is 0 Å². The van der Waals surface area contributed by atoms with Crippen molar-refractivity contribution >= 4 is 23.0 Å². The first-order chi connectivity index (χ1) is 8.46. The van der Waals surface area contributed by atoms with Crippen molar-refractivity contribution in [3.8, 4) is 0 Å². The summed E-state index contributed by atoms with van der Waals surface area (Å²) in [4.78, 5) is 0.327. The Balaban J connectivity index is 2.14. The molecule has 1 heterocycles. The predicted molar refractivity (Wildman–Crippen MR) is 74.5 cm³/mol. The van der Waals surface area contributed by atoms with Crippen LogP contribution in [0.4, 0.5) is 5.82 Å². The summed E-state index contributed by atoms with van der Waals surface area (Å²) in [5.74, 6) is 0.651. The molecule has 5 nitrogen and oxygen atoms in total. The molecule has 2 unspecified atom stereocenters. The van der Waals surface area contributed by atoms with Crippen LogP contribution >= 0.6 is 12.2 Å². The van der Waals surface area contributed by atoms with E-state index < -0.39 is 0 Å².